The molecule has 2 aliphatic heterocycles. The molecule has 3 unspecified atom stereocenters. The fourth-order valence-electron chi connectivity index (χ4n) is 2.87. The molecule has 1 aromatic rings. The summed E-state index contributed by atoms with van der Waals surface area (Å²) < 4.78 is 23.1. The first-order valence-electron chi connectivity index (χ1n) is 7.46. The minimum absolute atomic E-state index is 0.372. The molecule has 5 atom stereocenters. The smallest absolute Gasteiger partial charge is 0.190 e. The molecule has 6 heteroatoms. The minimum Gasteiger partial charge on any atom is -0.394 e. The third-order valence-electron chi connectivity index (χ3n) is 3.88. The molecule has 22 heavy (non-hydrogen) atoms. The van der Waals surface area contributed by atoms with Gasteiger partial charge in [-0.15, -0.1) is 0 Å². The summed E-state index contributed by atoms with van der Waals surface area (Å²) in [6.45, 7) is 3.58. The molecule has 2 fully saturated rings. The van der Waals surface area contributed by atoms with Gasteiger partial charge in [0.25, 0.3) is 0 Å². The van der Waals surface area contributed by atoms with Gasteiger partial charge in [-0.25, -0.2) is 0 Å². The molecule has 2 aliphatic rings. The van der Waals surface area contributed by atoms with Crippen molar-refractivity contribution in [2.45, 2.75) is 56.9 Å². The van der Waals surface area contributed by atoms with E-state index < -0.39 is 43.1 Å². The van der Waals surface area contributed by atoms with E-state index in [1.165, 1.54) is 0 Å². The van der Waals surface area contributed by atoms with Gasteiger partial charge in [0.1, 0.15) is 24.4 Å². The van der Waals surface area contributed by atoms with Crippen molar-refractivity contribution in [3.8, 4) is 0 Å². The van der Waals surface area contributed by atoms with Gasteiger partial charge in [0.05, 0.1) is 13.2 Å². The van der Waals surface area contributed by atoms with Gasteiger partial charge in [-0.2, -0.15) is 0 Å². The van der Waals surface area contributed by atoms with Crippen LogP contribution >= 0.6 is 0 Å². The molecule has 1 aromatic carbocycles. The molecule has 0 amide bonds. The Morgan fingerprint density at radius 2 is 1.95 bits per heavy atom. The van der Waals surface area contributed by atoms with E-state index in [1.807, 2.05) is 30.3 Å². The van der Waals surface area contributed by atoms with Gasteiger partial charge in [-0.3, -0.25) is 0 Å². The molecule has 0 aliphatic carbocycles. The van der Waals surface area contributed by atoms with Gasteiger partial charge in [0, 0.05) is 0 Å². The molecule has 2 heterocycles. The maximum absolute atomic E-state index is 9.94. The number of aliphatic hydroxyl groups excluding tert-OH is 2. The highest BCUT2D eigenvalue weighted by Gasteiger charge is 2.56. The molecular formula is C16H22O6. The average Bonchev–Trinajstić information content (AvgIpc) is 2.97. The number of fused-ring (bicyclic) bond motifs is 1. The fraction of sp³-hybridized carbons (Fsp3) is 0.625. The first kappa shape index (κ1) is 15.9. The normalized spacial score (nSPS) is 34.5. The largest absolute Gasteiger partial charge is 0.394 e. The van der Waals surface area contributed by atoms with Crippen LogP contribution < -0.4 is 0 Å². The number of rotatable bonds is 5. The van der Waals surface area contributed by atoms with Crippen molar-refractivity contribution in [1.82, 2.24) is 0 Å². The van der Waals surface area contributed by atoms with E-state index in [9.17, 15) is 10.2 Å². The summed E-state index contributed by atoms with van der Waals surface area (Å²) in [6.07, 6.45) is -3.25. The molecule has 3 rings (SSSR count). The number of benzene rings is 1. The van der Waals surface area contributed by atoms with Crippen LogP contribution in [0.15, 0.2) is 30.3 Å². The van der Waals surface area contributed by atoms with Crippen molar-refractivity contribution in [3.63, 3.8) is 0 Å². The van der Waals surface area contributed by atoms with Gasteiger partial charge in [0.15, 0.2) is 12.1 Å². The number of ether oxygens (including phenoxy) is 4. The van der Waals surface area contributed by atoms with Crippen LogP contribution in [0.4, 0.5) is 0 Å². The monoisotopic (exact) mass is 310 g/mol. The predicted octanol–water partition coefficient (Wildman–Crippen LogP) is 0.801. The van der Waals surface area contributed by atoms with Crippen molar-refractivity contribution in [1.29, 1.82) is 0 Å². The van der Waals surface area contributed by atoms with Crippen molar-refractivity contribution < 1.29 is 29.2 Å². The topological polar surface area (TPSA) is 77.4 Å². The lowest BCUT2D eigenvalue weighted by atomic mass is 10.1. The van der Waals surface area contributed by atoms with Gasteiger partial charge >= 0.3 is 0 Å². The summed E-state index contributed by atoms with van der Waals surface area (Å²) in [6, 6.07) is 9.73. The Balaban J connectivity index is 1.71. The minimum atomic E-state index is -1.04. The molecule has 0 radical (unpaired) electrons. The molecule has 0 spiro atoms. The summed E-state index contributed by atoms with van der Waals surface area (Å²) in [4.78, 5) is 0. The van der Waals surface area contributed by atoms with Crippen LogP contribution in [0.2, 0.25) is 0 Å². The Morgan fingerprint density at radius 3 is 2.64 bits per heavy atom. The highest BCUT2D eigenvalue weighted by molar-refractivity contribution is 5.13. The molecule has 122 valence electrons. The second-order valence-corrected chi connectivity index (χ2v) is 6.08. The third-order valence-corrected chi connectivity index (χ3v) is 3.88. The van der Waals surface area contributed by atoms with Crippen LogP contribution in [-0.4, -0.2) is 53.3 Å². The Kier molecular flexibility index (Phi) is 4.49. The van der Waals surface area contributed by atoms with Crippen molar-refractivity contribution in [2.24, 2.45) is 0 Å². The van der Waals surface area contributed by atoms with E-state index in [1.54, 1.807) is 13.8 Å². The molecule has 2 N–H and O–H groups in total. The summed E-state index contributed by atoms with van der Waals surface area (Å²) in [5.74, 6) is -0.751. The van der Waals surface area contributed by atoms with E-state index in [2.05, 4.69) is 0 Å². The van der Waals surface area contributed by atoms with Gasteiger partial charge in [-0.1, -0.05) is 30.3 Å². The maximum atomic E-state index is 9.94. The SMILES string of the molecule is CC1(C)OC2O[C@H](C(O)CO)[C@@H](OCc3ccccc3)C2O1. The third kappa shape index (κ3) is 3.17. The molecule has 0 saturated carbocycles. The zero-order valence-electron chi connectivity index (χ0n) is 12.7. The Labute approximate surface area is 129 Å². The number of hydrogen-bond acceptors (Lipinski definition) is 6. The lowest BCUT2D eigenvalue weighted by Gasteiger charge is -2.28. The fourth-order valence-corrected chi connectivity index (χ4v) is 2.87. The molecule has 6 nitrogen and oxygen atoms in total. The van der Waals surface area contributed by atoms with Crippen LogP contribution in [0.25, 0.3) is 0 Å². The van der Waals surface area contributed by atoms with Crippen LogP contribution in [0.3, 0.4) is 0 Å². The van der Waals surface area contributed by atoms with E-state index in [0.29, 0.717) is 6.61 Å². The molecular weight excluding hydrogens is 288 g/mol. The van der Waals surface area contributed by atoms with E-state index >= 15 is 0 Å². The summed E-state index contributed by atoms with van der Waals surface area (Å²) in [5.41, 5.74) is 1.02. The molecule has 0 aromatic heterocycles. The highest BCUT2D eigenvalue weighted by atomic mass is 16.8. The number of aliphatic hydroxyl groups is 2. The van der Waals surface area contributed by atoms with Crippen LogP contribution in [0.1, 0.15) is 19.4 Å². The predicted molar refractivity (Wildman–Crippen MR) is 76.8 cm³/mol. The lowest BCUT2D eigenvalue weighted by Crippen LogP contribution is -2.44. The molecule has 0 bridgehead atoms. The van der Waals surface area contributed by atoms with Gasteiger partial charge < -0.3 is 29.2 Å². The van der Waals surface area contributed by atoms with Gasteiger partial charge in [0.2, 0.25) is 0 Å². The van der Waals surface area contributed by atoms with Crippen LogP contribution in [0.5, 0.6) is 0 Å². The Morgan fingerprint density at radius 1 is 1.23 bits per heavy atom. The van der Waals surface area contributed by atoms with Crippen molar-refractivity contribution in [3.05, 3.63) is 35.9 Å². The Bertz CT molecular complexity index is 491. The second-order valence-electron chi connectivity index (χ2n) is 6.08. The second kappa shape index (κ2) is 6.23. The lowest BCUT2D eigenvalue weighted by molar-refractivity contribution is -0.232. The standard InChI is InChI=1S/C16H22O6/c1-16(2)21-14-13(19-9-10-6-4-3-5-7-10)12(11(18)8-17)20-15(14)22-16/h3-7,11-15,17-18H,8-9H2,1-2H3/t11?,12-,13-,14?,15?/m1/s1. The van der Waals surface area contributed by atoms with E-state index in [-0.39, 0.29) is 0 Å². The van der Waals surface area contributed by atoms with E-state index in [4.69, 9.17) is 18.9 Å². The quantitative estimate of drug-likeness (QED) is 0.838. The summed E-state index contributed by atoms with van der Waals surface area (Å²) >= 11 is 0. The highest BCUT2D eigenvalue weighted by Crippen LogP contribution is 2.39. The summed E-state index contributed by atoms with van der Waals surface area (Å²) in [5, 5.41) is 19.1. The average molecular weight is 310 g/mol. The molecule has 2 saturated heterocycles. The Hall–Kier alpha value is -1.02. The van der Waals surface area contributed by atoms with Crippen LogP contribution in [0, 0.1) is 0 Å². The van der Waals surface area contributed by atoms with Crippen molar-refractivity contribution >= 4 is 0 Å². The first-order valence-corrected chi connectivity index (χ1v) is 7.46. The van der Waals surface area contributed by atoms with Crippen LogP contribution in [-0.2, 0) is 25.6 Å². The maximum Gasteiger partial charge on any atom is 0.190 e. The summed E-state index contributed by atoms with van der Waals surface area (Å²) in [7, 11) is 0. The number of hydrogen-bond donors (Lipinski definition) is 2. The first-order chi connectivity index (χ1) is 10.5. The zero-order valence-corrected chi connectivity index (χ0v) is 12.7. The zero-order chi connectivity index (χ0) is 15.7. The van der Waals surface area contributed by atoms with Crippen molar-refractivity contribution in [2.75, 3.05) is 6.61 Å². The van der Waals surface area contributed by atoms with E-state index in [0.717, 1.165) is 5.56 Å². The van der Waals surface area contributed by atoms with Gasteiger partial charge in [-0.05, 0) is 19.4 Å².